The Bertz CT molecular complexity index is 584. The molecule has 0 spiro atoms. The van der Waals surface area contributed by atoms with Gasteiger partial charge in [-0.1, -0.05) is 17.2 Å². The minimum absolute atomic E-state index is 0.0454. The quantitative estimate of drug-likeness (QED) is 0.313. The first-order valence-electron chi connectivity index (χ1n) is 8.11. The fourth-order valence-corrected chi connectivity index (χ4v) is 2.58. The van der Waals surface area contributed by atoms with Crippen molar-refractivity contribution in [1.29, 1.82) is 0 Å². The second kappa shape index (κ2) is 9.64. The lowest BCUT2D eigenvalue weighted by Gasteiger charge is -2.24. The molecule has 1 aromatic rings. The third kappa shape index (κ3) is 7.32. The highest BCUT2D eigenvalue weighted by molar-refractivity contribution is 6.32. The molecule has 0 saturated heterocycles. The van der Waals surface area contributed by atoms with Gasteiger partial charge in [-0.05, 0) is 59.1 Å². The first-order valence-corrected chi connectivity index (χ1v) is 8.49. The highest BCUT2D eigenvalue weighted by Crippen LogP contribution is 2.28. The molecule has 0 aromatic heterocycles. The van der Waals surface area contributed by atoms with E-state index in [-0.39, 0.29) is 16.3 Å². The fourth-order valence-electron chi connectivity index (χ4n) is 2.35. The van der Waals surface area contributed by atoms with Crippen LogP contribution >= 0.6 is 11.6 Å². The lowest BCUT2D eigenvalue weighted by Crippen LogP contribution is -2.24. The Hall–Kier alpha value is -1.59. The second-order valence-electron chi connectivity index (χ2n) is 6.28. The fraction of sp³-hybridized carbons (Fsp3) is 0.556. The molecule has 0 aliphatic carbocycles. The van der Waals surface area contributed by atoms with Gasteiger partial charge >= 0.3 is 0 Å². The zero-order chi connectivity index (χ0) is 18.2. The van der Waals surface area contributed by atoms with Gasteiger partial charge in [0, 0.05) is 18.7 Å². The Morgan fingerprint density at radius 3 is 2.71 bits per heavy atom. The second-order valence-corrected chi connectivity index (χ2v) is 6.69. The van der Waals surface area contributed by atoms with Crippen molar-refractivity contribution in [2.24, 2.45) is 0 Å². The number of ether oxygens (including phenoxy) is 2. The molecule has 1 rings (SSSR count). The van der Waals surface area contributed by atoms with E-state index in [9.17, 15) is 10.1 Å². The van der Waals surface area contributed by atoms with E-state index in [0.29, 0.717) is 12.4 Å². The average Bonchev–Trinajstić information content (AvgIpc) is 2.48. The maximum atomic E-state index is 10.7. The number of hydrogen-bond acceptors (Lipinski definition) is 4. The summed E-state index contributed by atoms with van der Waals surface area (Å²) in [6, 6.07) is 4.20. The van der Waals surface area contributed by atoms with Crippen LogP contribution in [0.3, 0.4) is 0 Å². The highest BCUT2D eigenvalue weighted by Gasteiger charge is 2.16. The zero-order valence-corrected chi connectivity index (χ0v) is 15.6. The van der Waals surface area contributed by atoms with E-state index in [4.69, 9.17) is 21.1 Å². The van der Waals surface area contributed by atoms with Crippen molar-refractivity contribution in [3.63, 3.8) is 0 Å². The minimum atomic E-state index is -0.483. The molecule has 134 valence electrons. The summed E-state index contributed by atoms with van der Waals surface area (Å²) >= 11 is 5.99. The summed E-state index contributed by atoms with van der Waals surface area (Å²) in [5.74, 6) is 0.448. The number of hydrogen-bond donors (Lipinski definition) is 0. The summed E-state index contributed by atoms with van der Waals surface area (Å²) in [5.41, 5.74) is 1.11. The van der Waals surface area contributed by atoms with Gasteiger partial charge in [0.1, 0.15) is 12.4 Å². The molecule has 0 aliphatic rings. The molecule has 5 nitrogen and oxygen atoms in total. The van der Waals surface area contributed by atoms with E-state index in [1.54, 1.807) is 0 Å². The van der Waals surface area contributed by atoms with E-state index < -0.39 is 4.92 Å². The number of non-ortho nitro benzene ring substituents is 1. The summed E-state index contributed by atoms with van der Waals surface area (Å²) < 4.78 is 11.3. The molecule has 0 amide bonds. The van der Waals surface area contributed by atoms with Crippen LogP contribution < -0.4 is 4.74 Å². The maximum absolute atomic E-state index is 10.7. The number of halogens is 1. The molecule has 6 heteroatoms. The molecule has 1 aromatic carbocycles. The number of allylic oxidation sites excluding steroid dienone is 1. The van der Waals surface area contributed by atoms with Gasteiger partial charge in [0.2, 0.25) is 0 Å². The molecule has 0 atom stereocenters. The lowest BCUT2D eigenvalue weighted by atomic mass is 9.99. The van der Waals surface area contributed by atoms with Gasteiger partial charge in [0.15, 0.2) is 0 Å². The standard InChI is InChI=1S/C18H26ClNO4/c1-5-24-18(3,4)11-6-7-14(2)10-12-23-17-9-8-15(20(21)22)13-16(17)19/h8-10,13H,5-7,11-12H2,1-4H3. The molecular formula is C18H26ClNO4. The minimum Gasteiger partial charge on any atom is -0.488 e. The largest absolute Gasteiger partial charge is 0.488 e. The third-order valence-electron chi connectivity index (χ3n) is 3.68. The summed E-state index contributed by atoms with van der Waals surface area (Å²) in [6.45, 7) is 9.40. The van der Waals surface area contributed by atoms with Gasteiger partial charge in [-0.2, -0.15) is 0 Å². The Morgan fingerprint density at radius 1 is 1.42 bits per heavy atom. The summed E-state index contributed by atoms with van der Waals surface area (Å²) in [5, 5.41) is 10.9. The van der Waals surface area contributed by atoms with Crippen LogP contribution in [-0.4, -0.2) is 23.7 Å². The summed E-state index contributed by atoms with van der Waals surface area (Å²) in [7, 11) is 0. The molecule has 0 aliphatic heterocycles. The molecule has 0 heterocycles. The Morgan fingerprint density at radius 2 is 2.12 bits per heavy atom. The molecular weight excluding hydrogens is 330 g/mol. The number of nitrogens with zero attached hydrogens (tertiary/aromatic N) is 1. The number of rotatable bonds is 10. The van der Waals surface area contributed by atoms with Crippen LogP contribution in [0.2, 0.25) is 5.02 Å². The van der Waals surface area contributed by atoms with Gasteiger partial charge < -0.3 is 9.47 Å². The highest BCUT2D eigenvalue weighted by atomic mass is 35.5. The first kappa shape index (κ1) is 20.5. The van der Waals surface area contributed by atoms with Crippen molar-refractivity contribution in [1.82, 2.24) is 0 Å². The van der Waals surface area contributed by atoms with Crippen LogP contribution in [0.15, 0.2) is 29.8 Å². The molecule has 0 N–H and O–H groups in total. The van der Waals surface area contributed by atoms with Crippen LogP contribution in [0.1, 0.15) is 47.0 Å². The van der Waals surface area contributed by atoms with Crippen LogP contribution in [0, 0.1) is 10.1 Å². The van der Waals surface area contributed by atoms with Gasteiger partial charge in [-0.25, -0.2) is 0 Å². The van der Waals surface area contributed by atoms with Crippen molar-refractivity contribution in [3.8, 4) is 5.75 Å². The smallest absolute Gasteiger partial charge is 0.271 e. The van der Waals surface area contributed by atoms with E-state index in [0.717, 1.165) is 25.9 Å². The van der Waals surface area contributed by atoms with E-state index in [2.05, 4.69) is 20.8 Å². The molecule has 0 bridgehead atoms. The summed E-state index contributed by atoms with van der Waals surface area (Å²) in [6.07, 6.45) is 5.04. The van der Waals surface area contributed by atoms with Gasteiger partial charge in [-0.15, -0.1) is 0 Å². The Balaban J connectivity index is 2.42. The van der Waals surface area contributed by atoms with Crippen molar-refractivity contribution in [2.45, 2.75) is 52.6 Å². The van der Waals surface area contributed by atoms with Gasteiger partial charge in [0.05, 0.1) is 15.5 Å². The molecule has 24 heavy (non-hydrogen) atoms. The maximum Gasteiger partial charge on any atom is 0.271 e. The number of nitro benzene ring substituents is 1. The molecule has 0 fully saturated rings. The Kier molecular flexibility index (Phi) is 8.22. The molecule has 0 unspecified atom stereocenters. The van der Waals surface area contributed by atoms with Crippen LogP contribution in [-0.2, 0) is 4.74 Å². The predicted octanol–water partition coefficient (Wildman–Crippen LogP) is 5.56. The van der Waals surface area contributed by atoms with E-state index in [1.165, 1.54) is 23.8 Å². The van der Waals surface area contributed by atoms with Crippen molar-refractivity contribution < 1.29 is 14.4 Å². The summed E-state index contributed by atoms with van der Waals surface area (Å²) in [4.78, 5) is 10.2. The van der Waals surface area contributed by atoms with Crippen LogP contribution in [0.5, 0.6) is 5.75 Å². The van der Waals surface area contributed by atoms with Gasteiger partial charge in [-0.3, -0.25) is 10.1 Å². The van der Waals surface area contributed by atoms with Crippen LogP contribution in [0.4, 0.5) is 5.69 Å². The predicted molar refractivity (Wildman–Crippen MR) is 96.9 cm³/mol. The first-order chi connectivity index (χ1) is 11.2. The van der Waals surface area contributed by atoms with E-state index >= 15 is 0 Å². The third-order valence-corrected chi connectivity index (χ3v) is 3.98. The molecule has 0 saturated carbocycles. The topological polar surface area (TPSA) is 61.6 Å². The normalized spacial score (nSPS) is 12.3. The lowest BCUT2D eigenvalue weighted by molar-refractivity contribution is -0.384. The molecule has 0 radical (unpaired) electrons. The average molecular weight is 356 g/mol. The van der Waals surface area contributed by atoms with Crippen molar-refractivity contribution in [2.75, 3.05) is 13.2 Å². The zero-order valence-electron chi connectivity index (χ0n) is 14.8. The van der Waals surface area contributed by atoms with Gasteiger partial charge in [0.25, 0.3) is 5.69 Å². The SMILES string of the molecule is CCOC(C)(C)CCCC(C)=CCOc1ccc([N+](=O)[O-])cc1Cl. The van der Waals surface area contributed by atoms with Crippen molar-refractivity contribution >= 4 is 17.3 Å². The van der Waals surface area contributed by atoms with Crippen molar-refractivity contribution in [3.05, 3.63) is 45.0 Å². The monoisotopic (exact) mass is 355 g/mol. The Labute approximate surface area is 148 Å². The van der Waals surface area contributed by atoms with E-state index in [1.807, 2.05) is 13.0 Å². The number of nitro groups is 1. The number of benzene rings is 1. The van der Waals surface area contributed by atoms with Crippen LogP contribution in [0.25, 0.3) is 0 Å².